The minimum absolute atomic E-state index is 0.0693. The van der Waals surface area contributed by atoms with Crippen LogP contribution in [0.2, 0.25) is 0 Å². The summed E-state index contributed by atoms with van der Waals surface area (Å²) in [6.45, 7) is 1.94. The van der Waals surface area contributed by atoms with Crippen molar-refractivity contribution in [3.05, 3.63) is 29.8 Å². The molecule has 0 radical (unpaired) electrons. The Morgan fingerprint density at radius 2 is 2.17 bits per heavy atom. The van der Waals surface area contributed by atoms with Crippen molar-refractivity contribution in [3.8, 4) is 5.75 Å². The molecule has 4 nitrogen and oxygen atoms in total. The van der Waals surface area contributed by atoms with Crippen LogP contribution in [-0.2, 0) is 9.47 Å². The van der Waals surface area contributed by atoms with E-state index in [0.29, 0.717) is 13.2 Å². The molecular formula is C14H21NO3. The molecule has 0 aromatic heterocycles. The Morgan fingerprint density at radius 3 is 2.72 bits per heavy atom. The van der Waals surface area contributed by atoms with E-state index in [1.54, 1.807) is 7.11 Å². The average molecular weight is 251 g/mol. The molecule has 1 aromatic carbocycles. The SMILES string of the molecule is COc1ccc(C(CN)OCC2CCCO2)cc1. The molecule has 1 aromatic rings. The van der Waals surface area contributed by atoms with E-state index in [9.17, 15) is 0 Å². The summed E-state index contributed by atoms with van der Waals surface area (Å²) in [5, 5.41) is 0. The summed E-state index contributed by atoms with van der Waals surface area (Å²) in [5.74, 6) is 0.841. The predicted octanol–water partition coefficient (Wildman–Crippen LogP) is 1.89. The largest absolute Gasteiger partial charge is 0.497 e. The van der Waals surface area contributed by atoms with Gasteiger partial charge in [-0.05, 0) is 30.5 Å². The Morgan fingerprint density at radius 1 is 1.39 bits per heavy atom. The Bertz CT molecular complexity index is 347. The molecular weight excluding hydrogens is 230 g/mol. The average Bonchev–Trinajstić information content (AvgIpc) is 2.93. The van der Waals surface area contributed by atoms with Gasteiger partial charge in [0, 0.05) is 13.2 Å². The Balaban J connectivity index is 1.89. The van der Waals surface area contributed by atoms with E-state index in [1.807, 2.05) is 24.3 Å². The standard InChI is InChI=1S/C14H21NO3/c1-16-12-6-4-11(5-7-12)14(9-15)18-10-13-3-2-8-17-13/h4-7,13-14H,2-3,8-10,15H2,1H3. The van der Waals surface area contributed by atoms with Gasteiger partial charge in [-0.15, -0.1) is 0 Å². The van der Waals surface area contributed by atoms with E-state index in [-0.39, 0.29) is 12.2 Å². The van der Waals surface area contributed by atoms with E-state index >= 15 is 0 Å². The first-order valence-electron chi connectivity index (χ1n) is 6.40. The quantitative estimate of drug-likeness (QED) is 0.839. The van der Waals surface area contributed by atoms with Gasteiger partial charge < -0.3 is 19.9 Å². The lowest BCUT2D eigenvalue weighted by atomic mass is 10.1. The zero-order chi connectivity index (χ0) is 12.8. The molecule has 0 bridgehead atoms. The van der Waals surface area contributed by atoms with Crippen LogP contribution in [-0.4, -0.2) is 33.0 Å². The third-order valence-corrected chi connectivity index (χ3v) is 3.21. The molecule has 2 rings (SSSR count). The second kappa shape index (κ2) is 6.73. The minimum atomic E-state index is -0.0693. The van der Waals surface area contributed by atoms with Gasteiger partial charge in [0.1, 0.15) is 5.75 Å². The molecule has 4 heteroatoms. The fraction of sp³-hybridized carbons (Fsp3) is 0.571. The summed E-state index contributed by atoms with van der Waals surface area (Å²) in [7, 11) is 1.66. The maximum Gasteiger partial charge on any atom is 0.118 e. The topological polar surface area (TPSA) is 53.7 Å². The van der Waals surface area contributed by atoms with Gasteiger partial charge in [0.15, 0.2) is 0 Å². The lowest BCUT2D eigenvalue weighted by Crippen LogP contribution is -2.21. The molecule has 0 aliphatic carbocycles. The van der Waals surface area contributed by atoms with Gasteiger partial charge in [-0.2, -0.15) is 0 Å². The highest BCUT2D eigenvalue weighted by molar-refractivity contribution is 5.28. The van der Waals surface area contributed by atoms with Gasteiger partial charge in [-0.25, -0.2) is 0 Å². The van der Waals surface area contributed by atoms with Crippen molar-refractivity contribution in [2.24, 2.45) is 5.73 Å². The van der Waals surface area contributed by atoms with Crippen molar-refractivity contribution >= 4 is 0 Å². The number of nitrogens with two attached hydrogens (primary N) is 1. The molecule has 2 unspecified atom stereocenters. The first kappa shape index (κ1) is 13.3. The van der Waals surface area contributed by atoms with Gasteiger partial charge in [-0.1, -0.05) is 12.1 Å². The number of methoxy groups -OCH3 is 1. The Kier molecular flexibility index (Phi) is 4.99. The fourth-order valence-electron chi connectivity index (χ4n) is 2.12. The smallest absolute Gasteiger partial charge is 0.118 e. The van der Waals surface area contributed by atoms with Gasteiger partial charge in [0.2, 0.25) is 0 Å². The summed E-state index contributed by atoms with van der Waals surface area (Å²) in [4.78, 5) is 0. The lowest BCUT2D eigenvalue weighted by Gasteiger charge is -2.19. The number of ether oxygens (including phenoxy) is 3. The first-order chi connectivity index (χ1) is 8.83. The monoisotopic (exact) mass is 251 g/mol. The van der Waals surface area contributed by atoms with Crippen molar-refractivity contribution in [2.75, 3.05) is 26.9 Å². The first-order valence-corrected chi connectivity index (χ1v) is 6.40. The summed E-state index contributed by atoms with van der Waals surface area (Å²) in [5.41, 5.74) is 6.84. The highest BCUT2D eigenvalue weighted by Crippen LogP contribution is 2.21. The molecule has 0 amide bonds. The van der Waals surface area contributed by atoms with Crippen LogP contribution in [0.1, 0.15) is 24.5 Å². The van der Waals surface area contributed by atoms with Crippen molar-refractivity contribution < 1.29 is 14.2 Å². The molecule has 1 fully saturated rings. The number of hydrogen-bond donors (Lipinski definition) is 1. The molecule has 2 atom stereocenters. The van der Waals surface area contributed by atoms with Crippen molar-refractivity contribution in [2.45, 2.75) is 25.0 Å². The highest BCUT2D eigenvalue weighted by atomic mass is 16.5. The van der Waals surface area contributed by atoms with E-state index in [0.717, 1.165) is 30.8 Å². The third-order valence-electron chi connectivity index (χ3n) is 3.21. The van der Waals surface area contributed by atoms with Crippen LogP contribution < -0.4 is 10.5 Å². The summed E-state index contributed by atoms with van der Waals surface area (Å²) >= 11 is 0. The molecule has 1 saturated heterocycles. The number of benzene rings is 1. The second-order valence-corrected chi connectivity index (χ2v) is 4.47. The lowest BCUT2D eigenvalue weighted by molar-refractivity contribution is -0.0182. The van der Waals surface area contributed by atoms with E-state index in [2.05, 4.69) is 0 Å². The predicted molar refractivity (Wildman–Crippen MR) is 69.7 cm³/mol. The number of hydrogen-bond acceptors (Lipinski definition) is 4. The van der Waals surface area contributed by atoms with E-state index in [1.165, 1.54) is 0 Å². The summed E-state index contributed by atoms with van der Waals surface area (Å²) in [6.07, 6.45) is 2.38. The van der Waals surface area contributed by atoms with Crippen LogP contribution in [0.3, 0.4) is 0 Å². The molecule has 2 N–H and O–H groups in total. The zero-order valence-corrected chi connectivity index (χ0v) is 10.8. The van der Waals surface area contributed by atoms with Crippen LogP contribution >= 0.6 is 0 Å². The van der Waals surface area contributed by atoms with Crippen LogP contribution in [0.5, 0.6) is 5.75 Å². The van der Waals surface area contributed by atoms with Crippen LogP contribution in [0.15, 0.2) is 24.3 Å². The minimum Gasteiger partial charge on any atom is -0.497 e. The molecule has 0 saturated carbocycles. The Labute approximate surface area is 108 Å². The van der Waals surface area contributed by atoms with E-state index in [4.69, 9.17) is 19.9 Å². The zero-order valence-electron chi connectivity index (χ0n) is 10.8. The molecule has 1 heterocycles. The highest BCUT2D eigenvalue weighted by Gasteiger charge is 2.18. The van der Waals surface area contributed by atoms with Crippen molar-refractivity contribution in [1.29, 1.82) is 0 Å². The molecule has 0 spiro atoms. The third kappa shape index (κ3) is 3.45. The van der Waals surface area contributed by atoms with Gasteiger partial charge >= 0.3 is 0 Å². The summed E-state index contributed by atoms with van der Waals surface area (Å²) < 4.78 is 16.5. The molecule has 1 aliphatic rings. The molecule has 18 heavy (non-hydrogen) atoms. The van der Waals surface area contributed by atoms with Crippen LogP contribution in [0.25, 0.3) is 0 Å². The fourth-order valence-corrected chi connectivity index (χ4v) is 2.12. The van der Waals surface area contributed by atoms with Crippen molar-refractivity contribution in [1.82, 2.24) is 0 Å². The Hall–Kier alpha value is -1.10. The maximum absolute atomic E-state index is 5.84. The van der Waals surface area contributed by atoms with Gasteiger partial charge in [0.25, 0.3) is 0 Å². The number of rotatable bonds is 6. The van der Waals surface area contributed by atoms with E-state index < -0.39 is 0 Å². The maximum atomic E-state index is 5.84. The summed E-state index contributed by atoms with van der Waals surface area (Å²) in [6, 6.07) is 7.83. The molecule has 1 aliphatic heterocycles. The molecule has 100 valence electrons. The van der Waals surface area contributed by atoms with Gasteiger partial charge in [-0.3, -0.25) is 0 Å². The van der Waals surface area contributed by atoms with Crippen LogP contribution in [0, 0.1) is 0 Å². The van der Waals surface area contributed by atoms with Crippen molar-refractivity contribution in [3.63, 3.8) is 0 Å². The van der Waals surface area contributed by atoms with Crippen LogP contribution in [0.4, 0.5) is 0 Å². The van der Waals surface area contributed by atoms with Gasteiger partial charge in [0.05, 0.1) is 25.9 Å². The second-order valence-electron chi connectivity index (χ2n) is 4.47. The normalized spacial score (nSPS) is 20.9.